The van der Waals surface area contributed by atoms with Crippen molar-refractivity contribution in [1.29, 1.82) is 0 Å². The van der Waals surface area contributed by atoms with Gasteiger partial charge in [-0.15, -0.1) is 0 Å². The van der Waals surface area contributed by atoms with Crippen molar-refractivity contribution < 1.29 is 0 Å². The first-order chi connectivity index (χ1) is 10.3. The number of likely N-dealkylation sites (tertiary alicyclic amines) is 3. The Kier molecular flexibility index (Phi) is 5.96. The van der Waals surface area contributed by atoms with Crippen molar-refractivity contribution in [3.8, 4) is 0 Å². The molecule has 0 spiro atoms. The van der Waals surface area contributed by atoms with Crippen LogP contribution in [0, 0.1) is 5.92 Å². The third kappa shape index (κ3) is 4.43. The van der Waals surface area contributed by atoms with Crippen molar-refractivity contribution >= 4 is 0 Å². The second kappa shape index (κ2) is 7.94. The molecule has 0 aromatic heterocycles. The molecule has 3 nitrogen and oxygen atoms in total. The summed E-state index contributed by atoms with van der Waals surface area (Å²) < 4.78 is 0. The molecule has 3 heteroatoms. The standard InChI is InChI=1S/C18H35N3/c1-2-19-12-6-7-18(16-19)21-13-8-17(9-14-21)15-20-10-4-3-5-11-20/h17-18H,2-16H2,1H3/t18-/m0/s1. The summed E-state index contributed by atoms with van der Waals surface area (Å²) in [6.07, 6.45) is 10.1. The van der Waals surface area contributed by atoms with Gasteiger partial charge >= 0.3 is 0 Å². The molecule has 0 saturated carbocycles. The lowest BCUT2D eigenvalue weighted by atomic mass is 9.93. The third-order valence-corrected chi connectivity index (χ3v) is 6.06. The average Bonchev–Trinajstić information content (AvgIpc) is 2.56. The van der Waals surface area contributed by atoms with E-state index in [1.165, 1.54) is 97.3 Å². The van der Waals surface area contributed by atoms with E-state index >= 15 is 0 Å². The van der Waals surface area contributed by atoms with Crippen molar-refractivity contribution in [2.24, 2.45) is 5.92 Å². The molecule has 0 N–H and O–H groups in total. The van der Waals surface area contributed by atoms with E-state index < -0.39 is 0 Å². The van der Waals surface area contributed by atoms with Gasteiger partial charge in [-0.3, -0.25) is 4.90 Å². The summed E-state index contributed by atoms with van der Waals surface area (Å²) in [5.74, 6) is 0.977. The molecule has 3 aliphatic heterocycles. The number of hydrogen-bond donors (Lipinski definition) is 0. The Hall–Kier alpha value is -0.120. The summed E-state index contributed by atoms with van der Waals surface area (Å²) in [6.45, 7) is 13.1. The van der Waals surface area contributed by atoms with Gasteiger partial charge in [0, 0.05) is 19.1 Å². The highest BCUT2D eigenvalue weighted by molar-refractivity contribution is 4.84. The van der Waals surface area contributed by atoms with Gasteiger partial charge < -0.3 is 9.80 Å². The van der Waals surface area contributed by atoms with Gasteiger partial charge in [0.25, 0.3) is 0 Å². The monoisotopic (exact) mass is 293 g/mol. The van der Waals surface area contributed by atoms with Gasteiger partial charge in [0.2, 0.25) is 0 Å². The minimum atomic E-state index is 0.856. The summed E-state index contributed by atoms with van der Waals surface area (Å²) >= 11 is 0. The summed E-state index contributed by atoms with van der Waals surface area (Å²) in [7, 11) is 0. The Morgan fingerprint density at radius 2 is 1.48 bits per heavy atom. The quantitative estimate of drug-likeness (QED) is 0.789. The number of likely N-dealkylation sites (N-methyl/N-ethyl adjacent to an activating group) is 1. The first kappa shape index (κ1) is 15.8. The van der Waals surface area contributed by atoms with Crippen LogP contribution in [0.5, 0.6) is 0 Å². The second-order valence-corrected chi connectivity index (χ2v) is 7.53. The molecule has 0 aromatic rings. The van der Waals surface area contributed by atoms with Gasteiger partial charge in [0.1, 0.15) is 0 Å². The fourth-order valence-electron chi connectivity index (χ4n) is 4.62. The third-order valence-electron chi connectivity index (χ3n) is 6.06. The Morgan fingerprint density at radius 1 is 0.762 bits per heavy atom. The van der Waals surface area contributed by atoms with Crippen molar-refractivity contribution in [3.63, 3.8) is 0 Å². The Bertz CT molecular complexity index is 293. The maximum Gasteiger partial charge on any atom is 0.0223 e. The largest absolute Gasteiger partial charge is 0.303 e. The van der Waals surface area contributed by atoms with E-state index in [1.54, 1.807) is 0 Å². The molecule has 3 fully saturated rings. The SMILES string of the molecule is CCN1CCC[C@H](N2CCC(CN3CCCCC3)CC2)C1. The molecule has 0 radical (unpaired) electrons. The molecule has 3 aliphatic rings. The molecule has 21 heavy (non-hydrogen) atoms. The Balaban J connectivity index is 1.40. The van der Waals surface area contributed by atoms with E-state index in [0.717, 1.165) is 12.0 Å². The highest BCUT2D eigenvalue weighted by Crippen LogP contribution is 2.24. The van der Waals surface area contributed by atoms with Crippen LogP contribution in [-0.2, 0) is 0 Å². The van der Waals surface area contributed by atoms with E-state index in [4.69, 9.17) is 0 Å². The van der Waals surface area contributed by atoms with Gasteiger partial charge in [0.05, 0.1) is 0 Å². The van der Waals surface area contributed by atoms with Crippen molar-refractivity contribution in [2.75, 3.05) is 52.4 Å². The van der Waals surface area contributed by atoms with Gasteiger partial charge in [-0.1, -0.05) is 13.3 Å². The zero-order valence-electron chi connectivity index (χ0n) is 14.1. The Labute approximate surface area is 131 Å². The van der Waals surface area contributed by atoms with E-state index in [9.17, 15) is 0 Å². The maximum absolute atomic E-state index is 2.81. The number of nitrogens with zero attached hydrogens (tertiary/aromatic N) is 3. The van der Waals surface area contributed by atoms with Crippen molar-refractivity contribution in [2.45, 2.75) is 57.9 Å². The zero-order chi connectivity index (χ0) is 14.5. The molecular formula is C18H35N3. The lowest BCUT2D eigenvalue weighted by molar-refractivity contribution is 0.0610. The lowest BCUT2D eigenvalue weighted by Crippen LogP contribution is -2.51. The van der Waals surface area contributed by atoms with Crippen LogP contribution < -0.4 is 0 Å². The van der Waals surface area contributed by atoms with Crippen LogP contribution in [-0.4, -0.2) is 73.1 Å². The van der Waals surface area contributed by atoms with E-state index in [0.29, 0.717) is 0 Å². The van der Waals surface area contributed by atoms with Crippen LogP contribution in [0.15, 0.2) is 0 Å². The fraction of sp³-hybridized carbons (Fsp3) is 1.00. The predicted molar refractivity (Wildman–Crippen MR) is 89.7 cm³/mol. The molecule has 3 heterocycles. The van der Waals surface area contributed by atoms with Crippen LogP contribution in [0.2, 0.25) is 0 Å². The summed E-state index contributed by atoms with van der Waals surface area (Å²) in [5.41, 5.74) is 0. The van der Waals surface area contributed by atoms with Gasteiger partial charge in [0.15, 0.2) is 0 Å². The van der Waals surface area contributed by atoms with E-state index in [2.05, 4.69) is 21.6 Å². The highest BCUT2D eigenvalue weighted by Gasteiger charge is 2.29. The lowest BCUT2D eigenvalue weighted by Gasteiger charge is -2.43. The second-order valence-electron chi connectivity index (χ2n) is 7.53. The summed E-state index contributed by atoms with van der Waals surface area (Å²) in [4.78, 5) is 8.20. The topological polar surface area (TPSA) is 9.72 Å². The normalized spacial score (nSPS) is 31.6. The minimum absolute atomic E-state index is 0.856. The van der Waals surface area contributed by atoms with Gasteiger partial charge in [-0.25, -0.2) is 0 Å². The average molecular weight is 293 g/mol. The number of rotatable bonds is 4. The van der Waals surface area contributed by atoms with E-state index in [-0.39, 0.29) is 0 Å². The molecule has 3 saturated heterocycles. The molecule has 0 aromatic carbocycles. The van der Waals surface area contributed by atoms with Crippen LogP contribution in [0.1, 0.15) is 51.9 Å². The molecular weight excluding hydrogens is 258 g/mol. The summed E-state index contributed by atoms with van der Waals surface area (Å²) in [5, 5.41) is 0. The minimum Gasteiger partial charge on any atom is -0.303 e. The molecule has 0 bridgehead atoms. The molecule has 0 aliphatic carbocycles. The zero-order valence-corrected chi connectivity index (χ0v) is 14.1. The molecule has 3 rings (SSSR count). The number of piperidine rings is 3. The van der Waals surface area contributed by atoms with Crippen LogP contribution in [0.25, 0.3) is 0 Å². The van der Waals surface area contributed by atoms with Gasteiger partial charge in [-0.2, -0.15) is 0 Å². The fourth-order valence-corrected chi connectivity index (χ4v) is 4.62. The highest BCUT2D eigenvalue weighted by atomic mass is 15.2. The Morgan fingerprint density at radius 3 is 2.19 bits per heavy atom. The van der Waals surface area contributed by atoms with Crippen LogP contribution in [0.4, 0.5) is 0 Å². The maximum atomic E-state index is 2.81. The van der Waals surface area contributed by atoms with Crippen LogP contribution in [0.3, 0.4) is 0 Å². The van der Waals surface area contributed by atoms with Gasteiger partial charge in [-0.05, 0) is 83.7 Å². The smallest absolute Gasteiger partial charge is 0.0223 e. The van der Waals surface area contributed by atoms with Crippen molar-refractivity contribution in [1.82, 2.24) is 14.7 Å². The van der Waals surface area contributed by atoms with E-state index in [1.807, 2.05) is 0 Å². The molecule has 0 unspecified atom stereocenters. The first-order valence-corrected chi connectivity index (χ1v) is 9.54. The number of hydrogen-bond acceptors (Lipinski definition) is 3. The first-order valence-electron chi connectivity index (χ1n) is 9.54. The van der Waals surface area contributed by atoms with Crippen molar-refractivity contribution in [3.05, 3.63) is 0 Å². The van der Waals surface area contributed by atoms with Crippen LogP contribution >= 0.6 is 0 Å². The molecule has 0 amide bonds. The summed E-state index contributed by atoms with van der Waals surface area (Å²) in [6, 6.07) is 0.856. The molecule has 1 atom stereocenters. The predicted octanol–water partition coefficient (Wildman–Crippen LogP) is 2.67. The molecule has 122 valence electrons.